The van der Waals surface area contributed by atoms with Gasteiger partial charge in [-0.25, -0.2) is 4.68 Å². The second-order valence-electron chi connectivity index (χ2n) is 6.55. The first-order valence-electron chi connectivity index (χ1n) is 8.30. The normalized spacial score (nSPS) is 14.3. The highest BCUT2D eigenvalue weighted by molar-refractivity contribution is 6.10. The van der Waals surface area contributed by atoms with E-state index in [0.29, 0.717) is 6.04 Å². The van der Waals surface area contributed by atoms with Gasteiger partial charge in [-0.1, -0.05) is 35.5 Å². The van der Waals surface area contributed by atoms with Crippen molar-refractivity contribution in [1.29, 1.82) is 0 Å². The van der Waals surface area contributed by atoms with E-state index in [-0.39, 0.29) is 0 Å². The van der Waals surface area contributed by atoms with Crippen molar-refractivity contribution in [3.63, 3.8) is 0 Å². The summed E-state index contributed by atoms with van der Waals surface area (Å²) in [4.78, 5) is 4.65. The van der Waals surface area contributed by atoms with Gasteiger partial charge < -0.3 is 0 Å². The number of rotatable bonds is 3. The van der Waals surface area contributed by atoms with Crippen LogP contribution in [0, 0.1) is 6.92 Å². The molecule has 2 heterocycles. The van der Waals surface area contributed by atoms with Crippen molar-refractivity contribution in [2.45, 2.75) is 33.2 Å². The zero-order chi connectivity index (χ0) is 16.7. The maximum Gasteiger partial charge on any atom is 0.113 e. The van der Waals surface area contributed by atoms with E-state index in [1.165, 1.54) is 16.7 Å². The first kappa shape index (κ1) is 14.8. The van der Waals surface area contributed by atoms with E-state index >= 15 is 0 Å². The zero-order valence-electron chi connectivity index (χ0n) is 14.2. The molecule has 120 valence electrons. The molecule has 0 fully saturated rings. The number of aliphatic imine (C=N–C) groups is 1. The topological polar surface area (TPSA) is 43.1 Å². The number of nitrogens with zero attached hydrogens (tertiary/aromatic N) is 4. The molecule has 0 N–H and O–H groups in total. The molecule has 0 spiro atoms. The molecule has 2 aromatic carbocycles. The molecule has 1 aliphatic rings. The van der Waals surface area contributed by atoms with Crippen molar-refractivity contribution in [3.05, 3.63) is 65.4 Å². The van der Waals surface area contributed by atoms with Crippen LogP contribution in [0.4, 0.5) is 0 Å². The lowest BCUT2D eigenvalue weighted by molar-refractivity contribution is 0.530. The Morgan fingerprint density at radius 3 is 2.71 bits per heavy atom. The van der Waals surface area contributed by atoms with Crippen molar-refractivity contribution in [2.24, 2.45) is 4.99 Å². The lowest BCUT2D eigenvalue weighted by atomic mass is 9.96. The van der Waals surface area contributed by atoms with E-state index in [4.69, 9.17) is 0 Å². The van der Waals surface area contributed by atoms with E-state index in [0.717, 1.165) is 28.7 Å². The molecule has 0 unspecified atom stereocenters. The predicted molar refractivity (Wildman–Crippen MR) is 98.2 cm³/mol. The van der Waals surface area contributed by atoms with Crippen LogP contribution in [-0.4, -0.2) is 20.7 Å². The average Bonchev–Trinajstić information content (AvgIpc) is 3.21. The van der Waals surface area contributed by atoms with Gasteiger partial charge in [0.1, 0.15) is 5.52 Å². The van der Waals surface area contributed by atoms with Gasteiger partial charge in [-0.3, -0.25) is 4.99 Å². The largest absolute Gasteiger partial charge is 0.260 e. The summed E-state index contributed by atoms with van der Waals surface area (Å²) in [5.74, 6) is 0. The van der Waals surface area contributed by atoms with Crippen LogP contribution >= 0.6 is 0 Å². The molecule has 4 rings (SSSR count). The Bertz CT molecular complexity index is 976. The molecule has 4 nitrogen and oxygen atoms in total. The Morgan fingerprint density at radius 1 is 1.08 bits per heavy atom. The molecule has 3 aromatic rings. The number of allylic oxidation sites excluding steroid dienone is 1. The van der Waals surface area contributed by atoms with Crippen molar-refractivity contribution >= 4 is 22.3 Å². The summed E-state index contributed by atoms with van der Waals surface area (Å²) < 4.78 is 1.95. The van der Waals surface area contributed by atoms with Gasteiger partial charge in [0.2, 0.25) is 0 Å². The lowest BCUT2D eigenvalue weighted by Crippen LogP contribution is -2.03. The van der Waals surface area contributed by atoms with Gasteiger partial charge in [0, 0.05) is 18.7 Å². The van der Waals surface area contributed by atoms with Crippen LogP contribution in [-0.2, 0) is 0 Å². The minimum atomic E-state index is 0.305. The molecule has 24 heavy (non-hydrogen) atoms. The number of hydrogen-bond acceptors (Lipinski definition) is 3. The van der Waals surface area contributed by atoms with Crippen molar-refractivity contribution in [3.8, 4) is 0 Å². The van der Waals surface area contributed by atoms with Crippen LogP contribution in [0.2, 0.25) is 0 Å². The molecule has 4 heteroatoms. The number of fused-ring (bicyclic) bond motifs is 1. The fraction of sp³-hybridized carbons (Fsp3) is 0.250. The highest BCUT2D eigenvalue weighted by Crippen LogP contribution is 2.29. The Kier molecular flexibility index (Phi) is 3.53. The maximum atomic E-state index is 4.65. The quantitative estimate of drug-likeness (QED) is 0.711. The predicted octanol–water partition coefficient (Wildman–Crippen LogP) is 4.55. The monoisotopic (exact) mass is 316 g/mol. The van der Waals surface area contributed by atoms with E-state index in [2.05, 4.69) is 78.5 Å². The van der Waals surface area contributed by atoms with Gasteiger partial charge in [-0.2, -0.15) is 0 Å². The minimum absolute atomic E-state index is 0.305. The molecule has 1 aliphatic heterocycles. The first-order chi connectivity index (χ1) is 11.6. The lowest BCUT2D eigenvalue weighted by Gasteiger charge is -2.08. The molecule has 0 amide bonds. The van der Waals surface area contributed by atoms with Crippen molar-refractivity contribution in [2.75, 3.05) is 0 Å². The van der Waals surface area contributed by atoms with E-state index in [1.54, 1.807) is 0 Å². The molecular weight excluding hydrogens is 296 g/mol. The Hall–Kier alpha value is -2.75. The average molecular weight is 316 g/mol. The van der Waals surface area contributed by atoms with Gasteiger partial charge in [0.25, 0.3) is 0 Å². The smallest absolute Gasteiger partial charge is 0.113 e. The van der Waals surface area contributed by atoms with Gasteiger partial charge in [-0.05, 0) is 55.2 Å². The summed E-state index contributed by atoms with van der Waals surface area (Å²) >= 11 is 0. The Labute approximate surface area is 141 Å². The standard InChI is InChI=1S/C20H20N4/c1-13(2)24-20-9-8-15(10-19(20)22-23-24)18-11-16(12-21-18)17-7-5-4-6-14(17)3/h4-10,12-13H,11H2,1-3H3. The SMILES string of the molecule is Cc1ccccc1C1=CN=C(c2ccc3c(c2)nnn3C(C)C)C1. The van der Waals surface area contributed by atoms with Gasteiger partial charge in [0.15, 0.2) is 0 Å². The number of aromatic nitrogens is 3. The van der Waals surface area contributed by atoms with Crippen LogP contribution in [0.1, 0.15) is 43.0 Å². The molecule has 0 saturated heterocycles. The second-order valence-corrected chi connectivity index (χ2v) is 6.55. The van der Waals surface area contributed by atoms with E-state index in [1.807, 2.05) is 10.9 Å². The summed E-state index contributed by atoms with van der Waals surface area (Å²) in [6.07, 6.45) is 2.85. The van der Waals surface area contributed by atoms with Crippen LogP contribution in [0.3, 0.4) is 0 Å². The van der Waals surface area contributed by atoms with E-state index < -0.39 is 0 Å². The Balaban J connectivity index is 1.62. The maximum absolute atomic E-state index is 4.65. The highest BCUT2D eigenvalue weighted by atomic mass is 15.4. The van der Waals surface area contributed by atoms with Gasteiger partial charge in [0.05, 0.1) is 11.2 Å². The van der Waals surface area contributed by atoms with Crippen LogP contribution in [0.5, 0.6) is 0 Å². The Morgan fingerprint density at radius 2 is 1.92 bits per heavy atom. The van der Waals surface area contributed by atoms with Crippen molar-refractivity contribution in [1.82, 2.24) is 15.0 Å². The third-order valence-corrected chi connectivity index (χ3v) is 4.52. The third kappa shape index (κ3) is 2.44. The summed E-state index contributed by atoms with van der Waals surface area (Å²) in [5, 5.41) is 8.55. The van der Waals surface area contributed by atoms with Crippen LogP contribution in [0.15, 0.2) is 53.7 Å². The minimum Gasteiger partial charge on any atom is -0.260 e. The van der Waals surface area contributed by atoms with Gasteiger partial charge >= 0.3 is 0 Å². The zero-order valence-corrected chi connectivity index (χ0v) is 14.2. The number of benzene rings is 2. The molecular formula is C20H20N4. The summed E-state index contributed by atoms with van der Waals surface area (Å²) in [6.45, 7) is 6.37. The third-order valence-electron chi connectivity index (χ3n) is 4.52. The molecule has 0 bridgehead atoms. The summed E-state index contributed by atoms with van der Waals surface area (Å²) in [5.41, 5.74) is 8.05. The van der Waals surface area contributed by atoms with E-state index in [9.17, 15) is 0 Å². The highest BCUT2D eigenvalue weighted by Gasteiger charge is 2.16. The fourth-order valence-electron chi connectivity index (χ4n) is 3.20. The van der Waals surface area contributed by atoms with Crippen LogP contribution < -0.4 is 0 Å². The molecule has 0 atom stereocenters. The molecule has 0 aliphatic carbocycles. The second kappa shape index (κ2) is 5.71. The summed E-state index contributed by atoms with van der Waals surface area (Å²) in [7, 11) is 0. The van der Waals surface area contributed by atoms with Crippen molar-refractivity contribution < 1.29 is 0 Å². The number of aryl methyl sites for hydroxylation is 1. The molecule has 0 radical (unpaired) electrons. The van der Waals surface area contributed by atoms with Gasteiger partial charge in [-0.15, -0.1) is 5.10 Å². The fourth-order valence-corrected chi connectivity index (χ4v) is 3.20. The summed E-state index contributed by atoms with van der Waals surface area (Å²) in [6, 6.07) is 15.1. The van der Waals surface area contributed by atoms with Crippen LogP contribution in [0.25, 0.3) is 16.6 Å². The molecule has 1 aromatic heterocycles. The number of hydrogen-bond donors (Lipinski definition) is 0. The molecule has 0 saturated carbocycles. The first-order valence-corrected chi connectivity index (χ1v) is 8.30.